The lowest BCUT2D eigenvalue weighted by atomic mass is 10.0. The number of piperidine rings is 1. The lowest BCUT2D eigenvalue weighted by Gasteiger charge is -2.38. The lowest BCUT2D eigenvalue weighted by Crippen LogP contribution is -2.51. The van der Waals surface area contributed by atoms with Crippen molar-refractivity contribution in [3.05, 3.63) is 59.6 Å². The molecule has 0 radical (unpaired) electrons. The van der Waals surface area contributed by atoms with Crippen molar-refractivity contribution in [1.29, 1.82) is 0 Å². The number of anilines is 2. The molecule has 0 unspecified atom stereocenters. The van der Waals surface area contributed by atoms with Gasteiger partial charge in [-0.2, -0.15) is 0 Å². The number of para-hydroxylation sites is 1. The van der Waals surface area contributed by atoms with Gasteiger partial charge in [0.25, 0.3) is 0 Å². The molecule has 1 heterocycles. The Balaban J connectivity index is 1.72. The maximum atomic E-state index is 13.2. The van der Waals surface area contributed by atoms with Gasteiger partial charge in [-0.05, 0) is 70.0 Å². The number of amides is 3. The Kier molecular flexibility index (Phi) is 6.87. The fraction of sp³-hybridized carbons (Fsp3) is 0.391. The van der Waals surface area contributed by atoms with Crippen LogP contribution in [-0.4, -0.2) is 41.8 Å². The summed E-state index contributed by atoms with van der Waals surface area (Å²) < 4.78 is 5.48. The van der Waals surface area contributed by atoms with Crippen LogP contribution in [0.4, 0.5) is 21.0 Å². The zero-order valence-corrected chi connectivity index (χ0v) is 18.4. The van der Waals surface area contributed by atoms with Crippen LogP contribution in [0.1, 0.15) is 33.6 Å². The van der Waals surface area contributed by atoms with Crippen LogP contribution in [0.2, 0.25) is 5.02 Å². The summed E-state index contributed by atoms with van der Waals surface area (Å²) in [6.07, 6.45) is 1.03. The minimum atomic E-state index is -0.525. The number of hydrogen-bond donors (Lipinski definition) is 1. The molecule has 6 nitrogen and oxygen atoms in total. The van der Waals surface area contributed by atoms with Crippen molar-refractivity contribution in [3.8, 4) is 0 Å². The average molecular weight is 430 g/mol. The van der Waals surface area contributed by atoms with Crippen molar-refractivity contribution in [1.82, 2.24) is 4.90 Å². The quantitative estimate of drug-likeness (QED) is 0.672. The summed E-state index contributed by atoms with van der Waals surface area (Å²) >= 11 is 5.94. The highest BCUT2D eigenvalue weighted by atomic mass is 35.5. The summed E-state index contributed by atoms with van der Waals surface area (Å²) in [5.74, 6) is 0. The van der Waals surface area contributed by atoms with Crippen molar-refractivity contribution in [2.75, 3.05) is 23.3 Å². The van der Waals surface area contributed by atoms with Gasteiger partial charge in [0.15, 0.2) is 0 Å². The van der Waals surface area contributed by atoms with E-state index < -0.39 is 5.60 Å². The van der Waals surface area contributed by atoms with Gasteiger partial charge >= 0.3 is 12.1 Å². The molecule has 30 heavy (non-hydrogen) atoms. The maximum Gasteiger partial charge on any atom is 0.410 e. The van der Waals surface area contributed by atoms with Crippen LogP contribution in [0.25, 0.3) is 0 Å². The molecule has 1 N–H and O–H groups in total. The molecule has 3 amide bonds. The molecule has 1 aliphatic heterocycles. The fourth-order valence-corrected chi connectivity index (χ4v) is 3.56. The summed E-state index contributed by atoms with van der Waals surface area (Å²) in [5.41, 5.74) is 0.971. The van der Waals surface area contributed by atoms with Crippen LogP contribution >= 0.6 is 11.6 Å². The third kappa shape index (κ3) is 5.89. The van der Waals surface area contributed by atoms with Crippen molar-refractivity contribution in [3.63, 3.8) is 0 Å². The number of hydrogen-bond acceptors (Lipinski definition) is 3. The molecule has 0 aliphatic carbocycles. The Morgan fingerprint density at radius 1 is 1.03 bits per heavy atom. The number of nitrogens with zero attached hydrogens (tertiary/aromatic N) is 2. The first kappa shape index (κ1) is 22.0. The van der Waals surface area contributed by atoms with Gasteiger partial charge in [0.2, 0.25) is 0 Å². The van der Waals surface area contributed by atoms with E-state index in [1.807, 2.05) is 51.1 Å². The number of rotatable bonds is 3. The number of halogens is 1. The Morgan fingerprint density at radius 3 is 2.20 bits per heavy atom. The van der Waals surface area contributed by atoms with E-state index in [4.69, 9.17) is 16.3 Å². The molecule has 7 heteroatoms. The zero-order valence-electron chi connectivity index (χ0n) is 17.6. The number of benzene rings is 2. The highest BCUT2D eigenvalue weighted by molar-refractivity contribution is 6.30. The first-order chi connectivity index (χ1) is 14.2. The molecule has 0 saturated carbocycles. The van der Waals surface area contributed by atoms with E-state index in [1.54, 1.807) is 34.1 Å². The SMILES string of the molecule is CC(C)(C)OC(=O)N1CCC(N(C(=O)Nc2ccc(Cl)cc2)c2ccccc2)CC1. The van der Waals surface area contributed by atoms with Crippen molar-refractivity contribution in [2.45, 2.75) is 45.3 Å². The second kappa shape index (κ2) is 9.39. The maximum absolute atomic E-state index is 13.2. The van der Waals surface area contributed by atoms with E-state index in [1.165, 1.54) is 0 Å². The number of carbonyl (C=O) groups is 2. The average Bonchev–Trinajstić information content (AvgIpc) is 2.70. The normalized spacial score (nSPS) is 14.9. The van der Waals surface area contributed by atoms with Gasteiger partial charge in [0.05, 0.1) is 0 Å². The Hall–Kier alpha value is -2.73. The Bertz CT molecular complexity index is 858. The van der Waals surface area contributed by atoms with Gasteiger partial charge in [-0.15, -0.1) is 0 Å². The zero-order chi connectivity index (χ0) is 21.7. The van der Waals surface area contributed by atoms with E-state index in [2.05, 4.69) is 5.32 Å². The summed E-state index contributed by atoms with van der Waals surface area (Å²) in [4.78, 5) is 29.0. The molecule has 1 saturated heterocycles. The highest BCUT2D eigenvalue weighted by Gasteiger charge is 2.32. The van der Waals surface area contributed by atoms with Crippen molar-refractivity contribution >= 4 is 35.1 Å². The number of ether oxygens (including phenoxy) is 1. The largest absolute Gasteiger partial charge is 0.444 e. The number of nitrogens with one attached hydrogen (secondary N) is 1. The predicted octanol–water partition coefficient (Wildman–Crippen LogP) is 5.78. The van der Waals surface area contributed by atoms with E-state index in [0.29, 0.717) is 36.6 Å². The monoisotopic (exact) mass is 429 g/mol. The van der Waals surface area contributed by atoms with Gasteiger partial charge < -0.3 is 15.0 Å². The highest BCUT2D eigenvalue weighted by Crippen LogP contribution is 2.26. The summed E-state index contributed by atoms with van der Waals surface area (Å²) in [7, 11) is 0. The lowest BCUT2D eigenvalue weighted by molar-refractivity contribution is 0.0206. The topological polar surface area (TPSA) is 61.9 Å². The van der Waals surface area contributed by atoms with Gasteiger partial charge in [-0.1, -0.05) is 29.8 Å². The van der Waals surface area contributed by atoms with Crippen molar-refractivity contribution in [2.24, 2.45) is 0 Å². The smallest absolute Gasteiger partial charge is 0.410 e. The van der Waals surface area contributed by atoms with E-state index in [9.17, 15) is 9.59 Å². The molecule has 0 aromatic heterocycles. The van der Waals surface area contributed by atoms with Crippen molar-refractivity contribution < 1.29 is 14.3 Å². The van der Waals surface area contributed by atoms with E-state index >= 15 is 0 Å². The fourth-order valence-electron chi connectivity index (χ4n) is 3.43. The van der Waals surface area contributed by atoms with E-state index in [-0.39, 0.29) is 18.2 Å². The number of likely N-dealkylation sites (tertiary alicyclic amines) is 1. The summed E-state index contributed by atoms with van der Waals surface area (Å²) in [5, 5.41) is 3.57. The molecule has 2 aromatic carbocycles. The first-order valence-electron chi connectivity index (χ1n) is 10.1. The van der Waals surface area contributed by atoms with Gasteiger partial charge in [0, 0.05) is 35.5 Å². The molecule has 3 rings (SSSR count). The Labute approximate surface area is 182 Å². The predicted molar refractivity (Wildman–Crippen MR) is 120 cm³/mol. The third-order valence-electron chi connectivity index (χ3n) is 4.83. The van der Waals surface area contributed by atoms with Gasteiger partial charge in [-0.25, -0.2) is 9.59 Å². The summed E-state index contributed by atoms with van der Waals surface area (Å²) in [6.45, 7) is 6.65. The second-order valence-corrected chi connectivity index (χ2v) is 8.78. The third-order valence-corrected chi connectivity index (χ3v) is 5.08. The molecule has 2 aromatic rings. The van der Waals surface area contributed by atoms with Crippen LogP contribution in [0.15, 0.2) is 54.6 Å². The van der Waals surface area contributed by atoms with Gasteiger partial charge in [0.1, 0.15) is 5.60 Å². The van der Waals surface area contributed by atoms with Crippen LogP contribution < -0.4 is 10.2 Å². The summed E-state index contributed by atoms with van der Waals surface area (Å²) in [6, 6.07) is 16.4. The Morgan fingerprint density at radius 2 is 1.63 bits per heavy atom. The molecule has 160 valence electrons. The molecule has 1 aliphatic rings. The molecule has 0 atom stereocenters. The van der Waals surface area contributed by atoms with Crippen LogP contribution in [0.5, 0.6) is 0 Å². The van der Waals surface area contributed by atoms with Crippen LogP contribution in [0, 0.1) is 0 Å². The standard InChI is InChI=1S/C23H28ClN3O3/c1-23(2,3)30-22(29)26-15-13-20(14-16-26)27(19-7-5-4-6-8-19)21(28)25-18-11-9-17(24)10-12-18/h4-12,20H,13-16H2,1-3H3,(H,25,28). The molecular formula is C23H28ClN3O3. The number of urea groups is 1. The minimum Gasteiger partial charge on any atom is -0.444 e. The molecule has 1 fully saturated rings. The van der Waals surface area contributed by atoms with Gasteiger partial charge in [-0.3, -0.25) is 4.90 Å². The first-order valence-corrected chi connectivity index (χ1v) is 10.5. The molecule has 0 bridgehead atoms. The molecular weight excluding hydrogens is 402 g/mol. The van der Waals surface area contributed by atoms with E-state index in [0.717, 1.165) is 5.69 Å². The minimum absolute atomic E-state index is 0.0293. The second-order valence-electron chi connectivity index (χ2n) is 8.34. The van der Waals surface area contributed by atoms with Crippen LogP contribution in [-0.2, 0) is 4.74 Å². The van der Waals surface area contributed by atoms with Crippen LogP contribution in [0.3, 0.4) is 0 Å². The molecule has 0 spiro atoms. The number of carbonyl (C=O) groups excluding carboxylic acids is 2.